The number of para-hydroxylation sites is 3. The van der Waals surface area contributed by atoms with Crippen LogP contribution in [0.25, 0.3) is 0 Å². The van der Waals surface area contributed by atoms with Crippen molar-refractivity contribution in [3.8, 4) is 11.5 Å². The number of aliphatic hydroxyl groups is 2. The first kappa shape index (κ1) is 23.1. The van der Waals surface area contributed by atoms with Gasteiger partial charge in [-0.1, -0.05) is 54.6 Å². The monoisotopic (exact) mass is 437 g/mol. The maximum atomic E-state index is 12.8. The van der Waals surface area contributed by atoms with Crippen LogP contribution in [0, 0.1) is 0 Å². The van der Waals surface area contributed by atoms with E-state index < -0.39 is 18.3 Å². The van der Waals surface area contributed by atoms with Gasteiger partial charge in [0.05, 0.1) is 6.61 Å². The average Bonchev–Trinajstić information content (AvgIpc) is 2.82. The molecule has 0 spiro atoms. The van der Waals surface area contributed by atoms with E-state index in [4.69, 9.17) is 14.2 Å². The maximum Gasteiger partial charge on any atom is 0.412 e. The summed E-state index contributed by atoms with van der Waals surface area (Å²) in [4.78, 5) is 12.8. The SMILES string of the molecule is O=C(Nc1ccccc1)O[C@H](c1ccccc1OCCO)[C@@H](CCO)Oc1ccccc1. The zero-order valence-corrected chi connectivity index (χ0v) is 17.6. The lowest BCUT2D eigenvalue weighted by molar-refractivity contribution is 0.00751. The molecule has 7 nitrogen and oxygen atoms in total. The number of carbonyl (C=O) groups is 1. The summed E-state index contributed by atoms with van der Waals surface area (Å²) in [6.45, 7) is -0.240. The second kappa shape index (κ2) is 12.3. The lowest BCUT2D eigenvalue weighted by Crippen LogP contribution is -2.32. The summed E-state index contributed by atoms with van der Waals surface area (Å²) in [5, 5.41) is 21.6. The molecule has 2 atom stereocenters. The van der Waals surface area contributed by atoms with Crippen LogP contribution in [0.5, 0.6) is 11.5 Å². The molecule has 7 heteroatoms. The van der Waals surface area contributed by atoms with E-state index in [1.165, 1.54) is 0 Å². The molecule has 3 N–H and O–H groups in total. The van der Waals surface area contributed by atoms with Crippen molar-refractivity contribution in [3.63, 3.8) is 0 Å². The Bertz CT molecular complexity index is 951. The van der Waals surface area contributed by atoms with Crippen molar-refractivity contribution >= 4 is 11.8 Å². The molecule has 0 aromatic heterocycles. The van der Waals surface area contributed by atoms with Gasteiger partial charge in [-0.25, -0.2) is 4.79 Å². The summed E-state index contributed by atoms with van der Waals surface area (Å²) in [6.07, 6.45) is -2.03. The Kier molecular flexibility index (Phi) is 8.92. The van der Waals surface area contributed by atoms with E-state index in [1.807, 2.05) is 24.3 Å². The van der Waals surface area contributed by atoms with E-state index in [0.29, 0.717) is 22.7 Å². The lowest BCUT2D eigenvalue weighted by atomic mass is 10.0. The largest absolute Gasteiger partial charge is 0.491 e. The predicted octanol–water partition coefficient (Wildman–Crippen LogP) is 4.18. The number of nitrogens with one attached hydrogen (secondary N) is 1. The number of aliphatic hydroxyl groups excluding tert-OH is 2. The van der Waals surface area contributed by atoms with E-state index in [1.54, 1.807) is 60.7 Å². The molecule has 0 bridgehead atoms. The quantitative estimate of drug-likeness (QED) is 0.416. The third-order valence-electron chi connectivity index (χ3n) is 4.61. The molecule has 0 saturated heterocycles. The fraction of sp³-hybridized carbons (Fsp3) is 0.240. The van der Waals surface area contributed by atoms with Gasteiger partial charge in [-0.05, 0) is 30.3 Å². The van der Waals surface area contributed by atoms with Crippen LogP contribution in [0.3, 0.4) is 0 Å². The van der Waals surface area contributed by atoms with Crippen LogP contribution in [0.1, 0.15) is 18.1 Å². The molecule has 0 aliphatic rings. The van der Waals surface area contributed by atoms with Gasteiger partial charge in [-0.2, -0.15) is 0 Å². The summed E-state index contributed by atoms with van der Waals surface area (Å²) in [5.74, 6) is 1.04. The molecular formula is C25H27NO6. The standard InChI is InChI=1S/C25H27NO6/c27-16-15-23(31-20-11-5-2-6-12-20)24(21-13-7-8-14-22(21)30-18-17-28)32-25(29)26-19-9-3-1-4-10-19/h1-14,23-24,27-28H,15-18H2,(H,26,29)/t23-,24-/m1/s1. The zero-order chi connectivity index (χ0) is 22.6. The van der Waals surface area contributed by atoms with Crippen molar-refractivity contribution in [2.24, 2.45) is 0 Å². The van der Waals surface area contributed by atoms with Gasteiger partial charge in [0.1, 0.15) is 24.2 Å². The van der Waals surface area contributed by atoms with Crippen molar-refractivity contribution < 1.29 is 29.2 Å². The van der Waals surface area contributed by atoms with Crippen LogP contribution in [-0.2, 0) is 4.74 Å². The van der Waals surface area contributed by atoms with Crippen LogP contribution in [-0.4, -0.2) is 42.2 Å². The molecule has 3 aromatic carbocycles. The minimum absolute atomic E-state index is 0.0875. The highest BCUT2D eigenvalue weighted by Gasteiger charge is 2.31. The summed E-state index contributed by atoms with van der Waals surface area (Å²) in [6, 6.07) is 25.2. The van der Waals surface area contributed by atoms with Gasteiger partial charge >= 0.3 is 6.09 Å². The van der Waals surface area contributed by atoms with E-state index in [-0.39, 0.29) is 26.2 Å². The van der Waals surface area contributed by atoms with Crippen LogP contribution in [0.15, 0.2) is 84.9 Å². The van der Waals surface area contributed by atoms with Crippen molar-refractivity contribution in [2.45, 2.75) is 18.6 Å². The van der Waals surface area contributed by atoms with Crippen LogP contribution in [0.2, 0.25) is 0 Å². The molecule has 0 aliphatic heterocycles. The second-order valence-corrected chi connectivity index (χ2v) is 6.91. The van der Waals surface area contributed by atoms with E-state index in [9.17, 15) is 15.0 Å². The number of benzene rings is 3. The van der Waals surface area contributed by atoms with E-state index >= 15 is 0 Å². The normalized spacial score (nSPS) is 12.4. The molecule has 0 fully saturated rings. The number of carbonyl (C=O) groups excluding carboxylic acids is 1. The maximum absolute atomic E-state index is 12.8. The number of amides is 1. The number of rotatable bonds is 11. The van der Waals surface area contributed by atoms with Crippen LogP contribution < -0.4 is 14.8 Å². The van der Waals surface area contributed by atoms with Crippen molar-refractivity contribution in [1.82, 2.24) is 0 Å². The second-order valence-electron chi connectivity index (χ2n) is 6.91. The molecule has 1 amide bonds. The van der Waals surface area contributed by atoms with Gasteiger partial charge in [0.25, 0.3) is 0 Å². The topological polar surface area (TPSA) is 97.3 Å². The Hall–Kier alpha value is -3.55. The Morgan fingerprint density at radius 1 is 0.844 bits per heavy atom. The highest BCUT2D eigenvalue weighted by Crippen LogP contribution is 2.34. The van der Waals surface area contributed by atoms with Gasteiger partial charge in [-0.3, -0.25) is 5.32 Å². The van der Waals surface area contributed by atoms with Crippen molar-refractivity contribution in [3.05, 3.63) is 90.5 Å². The summed E-state index contributed by atoms with van der Waals surface area (Å²) < 4.78 is 17.6. The first-order valence-electron chi connectivity index (χ1n) is 10.4. The molecule has 0 radical (unpaired) electrons. The first-order valence-corrected chi connectivity index (χ1v) is 10.4. The molecule has 0 unspecified atom stereocenters. The molecule has 32 heavy (non-hydrogen) atoms. The third kappa shape index (κ3) is 6.73. The van der Waals surface area contributed by atoms with Crippen molar-refractivity contribution in [2.75, 3.05) is 25.1 Å². The molecular weight excluding hydrogens is 410 g/mol. The highest BCUT2D eigenvalue weighted by atomic mass is 16.6. The Morgan fingerprint density at radius 3 is 2.19 bits per heavy atom. The lowest BCUT2D eigenvalue weighted by Gasteiger charge is -2.29. The first-order chi connectivity index (χ1) is 15.7. The molecule has 3 aromatic rings. The molecule has 0 saturated carbocycles. The number of hydrogen-bond donors (Lipinski definition) is 3. The number of hydrogen-bond acceptors (Lipinski definition) is 6. The van der Waals surface area contributed by atoms with E-state index in [0.717, 1.165) is 0 Å². The number of ether oxygens (including phenoxy) is 3. The zero-order valence-electron chi connectivity index (χ0n) is 17.6. The Labute approximate surface area is 187 Å². The smallest absolute Gasteiger partial charge is 0.412 e. The Balaban J connectivity index is 1.91. The minimum atomic E-state index is -0.888. The van der Waals surface area contributed by atoms with Crippen LogP contribution in [0.4, 0.5) is 10.5 Å². The molecule has 168 valence electrons. The van der Waals surface area contributed by atoms with Gasteiger partial charge in [0, 0.05) is 24.3 Å². The summed E-state index contributed by atoms with van der Waals surface area (Å²) in [5.41, 5.74) is 1.15. The third-order valence-corrected chi connectivity index (χ3v) is 4.61. The number of anilines is 1. The predicted molar refractivity (Wildman–Crippen MR) is 121 cm³/mol. The Morgan fingerprint density at radius 2 is 1.50 bits per heavy atom. The average molecular weight is 437 g/mol. The minimum Gasteiger partial charge on any atom is -0.491 e. The van der Waals surface area contributed by atoms with Gasteiger partial charge in [-0.15, -0.1) is 0 Å². The summed E-state index contributed by atoms with van der Waals surface area (Å²) >= 11 is 0. The molecule has 0 aliphatic carbocycles. The van der Waals surface area contributed by atoms with Gasteiger partial charge < -0.3 is 24.4 Å². The van der Waals surface area contributed by atoms with Gasteiger partial charge in [0.2, 0.25) is 0 Å². The van der Waals surface area contributed by atoms with Crippen LogP contribution >= 0.6 is 0 Å². The molecule has 3 rings (SSSR count). The molecule has 0 heterocycles. The fourth-order valence-electron chi connectivity index (χ4n) is 3.20. The van der Waals surface area contributed by atoms with Crippen molar-refractivity contribution in [1.29, 1.82) is 0 Å². The van der Waals surface area contributed by atoms with Gasteiger partial charge in [0.15, 0.2) is 6.10 Å². The fourth-order valence-corrected chi connectivity index (χ4v) is 3.20. The van der Waals surface area contributed by atoms with E-state index in [2.05, 4.69) is 5.32 Å². The summed E-state index contributed by atoms with van der Waals surface area (Å²) in [7, 11) is 0. The highest BCUT2D eigenvalue weighted by molar-refractivity contribution is 5.84.